The highest BCUT2D eigenvalue weighted by Gasteiger charge is 2.42. The summed E-state index contributed by atoms with van der Waals surface area (Å²) in [6.07, 6.45) is 3.13. The monoisotopic (exact) mass is 283 g/mol. The molecule has 1 aromatic rings. The predicted molar refractivity (Wildman–Crippen MR) is 75.3 cm³/mol. The van der Waals surface area contributed by atoms with Gasteiger partial charge in [0.2, 0.25) is 5.91 Å². The molecule has 0 saturated heterocycles. The number of rotatable bonds is 7. The Balaban J connectivity index is 1.87. The quantitative estimate of drug-likeness (QED) is 0.738. The molecule has 1 amide bonds. The lowest BCUT2D eigenvalue weighted by atomic mass is 9.77. The molecule has 0 unspecified atom stereocenters. The van der Waals surface area contributed by atoms with Crippen molar-refractivity contribution in [1.29, 1.82) is 0 Å². The number of nitrogens with one attached hydrogen (secondary N) is 2. The molecule has 1 saturated carbocycles. The summed E-state index contributed by atoms with van der Waals surface area (Å²) in [6, 6.07) is 0. The van der Waals surface area contributed by atoms with Crippen LogP contribution in [0.3, 0.4) is 0 Å². The Morgan fingerprint density at radius 2 is 2.37 bits per heavy atom. The number of methoxy groups -OCH3 is 1. The molecule has 2 N–H and O–H groups in total. The third kappa shape index (κ3) is 3.52. The molecule has 0 spiro atoms. The summed E-state index contributed by atoms with van der Waals surface area (Å²) in [6.45, 7) is 3.62. The molecule has 19 heavy (non-hydrogen) atoms. The summed E-state index contributed by atoms with van der Waals surface area (Å²) in [5.41, 5.74) is 0.817. The highest BCUT2D eigenvalue weighted by Crippen LogP contribution is 2.42. The third-order valence-corrected chi connectivity index (χ3v) is 4.55. The van der Waals surface area contributed by atoms with Crippen molar-refractivity contribution >= 4 is 17.2 Å². The number of ether oxygens (including phenoxy) is 1. The van der Waals surface area contributed by atoms with Gasteiger partial charge in [0, 0.05) is 24.7 Å². The summed E-state index contributed by atoms with van der Waals surface area (Å²) >= 11 is 1.64. The van der Waals surface area contributed by atoms with Gasteiger partial charge in [0.1, 0.15) is 5.01 Å². The summed E-state index contributed by atoms with van der Waals surface area (Å²) in [4.78, 5) is 16.5. The van der Waals surface area contributed by atoms with Crippen molar-refractivity contribution in [2.24, 2.45) is 0 Å². The van der Waals surface area contributed by atoms with E-state index in [-0.39, 0.29) is 11.4 Å². The van der Waals surface area contributed by atoms with Crippen LogP contribution in [0, 0.1) is 6.92 Å². The minimum atomic E-state index is -0.209. The molecule has 0 aliphatic heterocycles. The van der Waals surface area contributed by atoms with Gasteiger partial charge in [-0.15, -0.1) is 11.3 Å². The van der Waals surface area contributed by atoms with E-state index >= 15 is 0 Å². The molecule has 106 valence electrons. The molecule has 1 fully saturated rings. The molecular formula is C13H21N3O2S. The maximum absolute atomic E-state index is 12.0. The van der Waals surface area contributed by atoms with E-state index in [1.54, 1.807) is 18.4 Å². The van der Waals surface area contributed by atoms with Crippen LogP contribution >= 0.6 is 11.3 Å². The molecule has 1 aliphatic carbocycles. The zero-order valence-corrected chi connectivity index (χ0v) is 12.3. The van der Waals surface area contributed by atoms with Crippen molar-refractivity contribution < 1.29 is 9.53 Å². The van der Waals surface area contributed by atoms with E-state index in [9.17, 15) is 4.79 Å². The first-order valence-electron chi connectivity index (χ1n) is 6.59. The smallest absolute Gasteiger partial charge is 0.234 e. The number of thiazole rings is 1. The van der Waals surface area contributed by atoms with Crippen LogP contribution in [0.5, 0.6) is 0 Å². The second-order valence-corrected chi connectivity index (χ2v) is 5.81. The molecule has 0 radical (unpaired) electrons. The summed E-state index contributed by atoms with van der Waals surface area (Å²) in [7, 11) is 1.65. The molecule has 0 bridgehead atoms. The number of aryl methyl sites for hydroxylation is 1. The zero-order valence-electron chi connectivity index (χ0n) is 11.5. The standard InChI is InChI=1S/C13H21N3O2S/c1-10-9-19-12(15-10)13(4-3-5-13)16-11(17)8-14-6-7-18-2/h9,14H,3-8H2,1-2H3,(H,16,17). The lowest BCUT2D eigenvalue weighted by molar-refractivity contribution is -0.123. The summed E-state index contributed by atoms with van der Waals surface area (Å²) in [5.74, 6) is 0.0312. The highest BCUT2D eigenvalue weighted by atomic mass is 32.1. The third-order valence-electron chi connectivity index (χ3n) is 3.38. The minimum Gasteiger partial charge on any atom is -0.383 e. The van der Waals surface area contributed by atoms with Crippen LogP contribution in [-0.4, -0.2) is 37.7 Å². The van der Waals surface area contributed by atoms with Crippen molar-refractivity contribution in [3.63, 3.8) is 0 Å². The van der Waals surface area contributed by atoms with E-state index in [1.165, 1.54) is 0 Å². The van der Waals surface area contributed by atoms with Crippen LogP contribution in [0.1, 0.15) is 30.0 Å². The number of aromatic nitrogens is 1. The Morgan fingerprint density at radius 1 is 1.58 bits per heavy atom. The van der Waals surface area contributed by atoms with Crippen molar-refractivity contribution in [1.82, 2.24) is 15.6 Å². The van der Waals surface area contributed by atoms with Gasteiger partial charge in [0.05, 0.1) is 18.7 Å². The van der Waals surface area contributed by atoms with E-state index in [0.717, 1.165) is 30.0 Å². The van der Waals surface area contributed by atoms with Gasteiger partial charge in [-0.25, -0.2) is 4.98 Å². The fourth-order valence-electron chi connectivity index (χ4n) is 2.18. The van der Waals surface area contributed by atoms with Crippen LogP contribution in [0.4, 0.5) is 0 Å². The first-order chi connectivity index (χ1) is 9.16. The molecule has 1 heterocycles. The van der Waals surface area contributed by atoms with Gasteiger partial charge in [-0.2, -0.15) is 0 Å². The number of nitrogens with zero attached hydrogens (tertiary/aromatic N) is 1. The van der Waals surface area contributed by atoms with E-state index in [1.807, 2.05) is 12.3 Å². The van der Waals surface area contributed by atoms with Crippen LogP contribution in [-0.2, 0) is 15.1 Å². The van der Waals surface area contributed by atoms with Crippen LogP contribution in [0.25, 0.3) is 0 Å². The van der Waals surface area contributed by atoms with E-state index in [4.69, 9.17) is 4.74 Å². The maximum Gasteiger partial charge on any atom is 0.234 e. The molecule has 1 aromatic heterocycles. The predicted octanol–water partition coefficient (Wildman–Crippen LogP) is 1.18. The van der Waals surface area contributed by atoms with Gasteiger partial charge < -0.3 is 15.4 Å². The molecule has 6 heteroatoms. The van der Waals surface area contributed by atoms with Gasteiger partial charge in [-0.3, -0.25) is 4.79 Å². The van der Waals surface area contributed by atoms with Gasteiger partial charge in [0.15, 0.2) is 0 Å². The lowest BCUT2D eigenvalue weighted by Crippen LogP contribution is -2.53. The van der Waals surface area contributed by atoms with Crippen molar-refractivity contribution in [3.8, 4) is 0 Å². The van der Waals surface area contributed by atoms with Crippen molar-refractivity contribution in [2.45, 2.75) is 31.7 Å². The Labute approximate surface area is 117 Å². The lowest BCUT2D eigenvalue weighted by Gasteiger charge is -2.40. The van der Waals surface area contributed by atoms with Gasteiger partial charge in [-0.05, 0) is 26.2 Å². The fraction of sp³-hybridized carbons (Fsp3) is 0.692. The molecule has 2 rings (SSSR count). The van der Waals surface area contributed by atoms with Gasteiger partial charge in [-0.1, -0.05) is 0 Å². The maximum atomic E-state index is 12.0. The van der Waals surface area contributed by atoms with Crippen LogP contribution in [0.2, 0.25) is 0 Å². The van der Waals surface area contributed by atoms with Crippen LogP contribution < -0.4 is 10.6 Å². The Hall–Kier alpha value is -0.980. The molecule has 0 atom stereocenters. The average molecular weight is 283 g/mol. The van der Waals surface area contributed by atoms with Gasteiger partial charge in [0.25, 0.3) is 0 Å². The Bertz CT molecular complexity index is 429. The number of carbonyl (C=O) groups excluding carboxylic acids is 1. The van der Waals surface area contributed by atoms with Crippen molar-refractivity contribution in [2.75, 3.05) is 26.8 Å². The van der Waals surface area contributed by atoms with Crippen LogP contribution in [0.15, 0.2) is 5.38 Å². The average Bonchev–Trinajstić information content (AvgIpc) is 2.76. The molecule has 0 aromatic carbocycles. The normalized spacial score (nSPS) is 16.9. The SMILES string of the molecule is COCCNCC(=O)NC1(c2nc(C)cs2)CCC1. The molecule has 1 aliphatic rings. The Morgan fingerprint density at radius 3 is 2.89 bits per heavy atom. The number of amides is 1. The second kappa shape index (κ2) is 6.45. The first kappa shape index (κ1) is 14.4. The fourth-order valence-corrected chi connectivity index (χ4v) is 3.20. The van der Waals surface area contributed by atoms with Crippen molar-refractivity contribution in [3.05, 3.63) is 16.1 Å². The number of carbonyl (C=O) groups is 1. The number of hydrogen-bond donors (Lipinski definition) is 2. The molecular weight excluding hydrogens is 262 g/mol. The zero-order chi connectivity index (χ0) is 13.7. The Kier molecular flexibility index (Phi) is 4.90. The topological polar surface area (TPSA) is 63.2 Å². The molecule has 5 nitrogen and oxygen atoms in total. The summed E-state index contributed by atoms with van der Waals surface area (Å²) < 4.78 is 4.93. The number of hydrogen-bond acceptors (Lipinski definition) is 5. The highest BCUT2D eigenvalue weighted by molar-refractivity contribution is 7.09. The van der Waals surface area contributed by atoms with Gasteiger partial charge >= 0.3 is 0 Å². The second-order valence-electron chi connectivity index (χ2n) is 4.95. The van der Waals surface area contributed by atoms with E-state index < -0.39 is 0 Å². The largest absolute Gasteiger partial charge is 0.383 e. The van der Waals surface area contributed by atoms with E-state index in [2.05, 4.69) is 15.6 Å². The minimum absolute atomic E-state index is 0.0312. The summed E-state index contributed by atoms with van der Waals surface area (Å²) in [5, 5.41) is 9.28. The van der Waals surface area contributed by atoms with E-state index in [0.29, 0.717) is 19.7 Å². The first-order valence-corrected chi connectivity index (χ1v) is 7.47.